The van der Waals surface area contributed by atoms with Gasteiger partial charge in [0.25, 0.3) is 0 Å². The van der Waals surface area contributed by atoms with Crippen molar-refractivity contribution in [3.8, 4) is 124 Å². The summed E-state index contributed by atoms with van der Waals surface area (Å²) in [5.41, 5.74) is 21.4. The number of para-hydroxylation sites is 2. The number of hydrogen-bond donors (Lipinski definition) is 0. The van der Waals surface area contributed by atoms with E-state index in [-0.39, 0.29) is 0 Å². The van der Waals surface area contributed by atoms with E-state index >= 15 is 0 Å². The molecule has 0 atom stereocenters. The van der Waals surface area contributed by atoms with Crippen LogP contribution in [-0.4, -0.2) is 39.9 Å². The van der Waals surface area contributed by atoms with Gasteiger partial charge in [0.05, 0.1) is 62.3 Å². The van der Waals surface area contributed by atoms with Crippen LogP contribution in [0.15, 0.2) is 280 Å². The van der Waals surface area contributed by atoms with Gasteiger partial charge in [-0.15, -0.1) is 0 Å². The standard InChI is InChI=1S/C72H46N8/c1-4-16-51(17-5-1)65-67(53-20-8-3-9-21-53)80-72(64-41-38-49-15-10-12-24-62(49)76-64)70(78-65)56-34-28-48(29-35-56)58-39-40-61(75-46-58)50-30-36-54(37-31-50)68-66(52-18-6-2-7-19-52)79-71(60-42-44-74-63-25-13-11-23-59(60)63)69(77-68)55-32-26-47(27-33-55)57-22-14-43-73-45-57/h1-46H. The van der Waals surface area contributed by atoms with Crippen LogP contribution < -0.4 is 0 Å². The molecular formula is C72H46N8. The summed E-state index contributed by atoms with van der Waals surface area (Å²) in [5, 5.41) is 2.07. The molecule has 6 heterocycles. The van der Waals surface area contributed by atoms with Gasteiger partial charge in [-0.3, -0.25) is 15.0 Å². The van der Waals surface area contributed by atoms with E-state index in [1.165, 1.54) is 0 Å². The topological polar surface area (TPSA) is 103 Å². The molecule has 80 heavy (non-hydrogen) atoms. The molecule has 0 bridgehead atoms. The quantitative estimate of drug-likeness (QED) is 0.126. The van der Waals surface area contributed by atoms with Crippen LogP contribution in [0.1, 0.15) is 0 Å². The number of fused-ring (bicyclic) bond motifs is 2. The zero-order valence-electron chi connectivity index (χ0n) is 43.1. The predicted octanol–water partition coefficient (Wildman–Crippen LogP) is 17.5. The molecule has 0 fully saturated rings. The van der Waals surface area contributed by atoms with Gasteiger partial charge in [-0.2, -0.15) is 0 Å². The first-order valence-corrected chi connectivity index (χ1v) is 26.5. The summed E-state index contributed by atoms with van der Waals surface area (Å²) in [6.07, 6.45) is 7.47. The van der Waals surface area contributed by atoms with Crippen LogP contribution in [-0.2, 0) is 0 Å². The largest absolute Gasteiger partial charge is 0.264 e. The molecule has 0 N–H and O–H groups in total. The van der Waals surface area contributed by atoms with Crippen molar-refractivity contribution in [1.29, 1.82) is 0 Å². The van der Waals surface area contributed by atoms with Gasteiger partial charge in [-0.25, -0.2) is 24.9 Å². The van der Waals surface area contributed by atoms with Gasteiger partial charge in [0.1, 0.15) is 5.69 Å². The van der Waals surface area contributed by atoms with Crippen molar-refractivity contribution in [3.05, 3.63) is 280 Å². The Hall–Kier alpha value is -11.0. The highest BCUT2D eigenvalue weighted by atomic mass is 14.9. The number of aromatic nitrogens is 8. The Labute approximate surface area is 462 Å². The first kappa shape index (κ1) is 47.5. The van der Waals surface area contributed by atoms with E-state index in [1.54, 1.807) is 6.20 Å². The smallest absolute Gasteiger partial charge is 0.116 e. The zero-order valence-corrected chi connectivity index (χ0v) is 43.1. The van der Waals surface area contributed by atoms with Gasteiger partial charge in [0.2, 0.25) is 0 Å². The lowest BCUT2D eigenvalue weighted by molar-refractivity contribution is 1.20. The highest BCUT2D eigenvalue weighted by Crippen LogP contribution is 2.41. The van der Waals surface area contributed by atoms with E-state index in [0.717, 1.165) is 140 Å². The van der Waals surface area contributed by atoms with E-state index in [9.17, 15) is 0 Å². The van der Waals surface area contributed by atoms with Crippen LogP contribution in [0, 0.1) is 0 Å². The molecule has 0 amide bonds. The Bertz CT molecular complexity index is 4520. The number of rotatable bonds is 11. The van der Waals surface area contributed by atoms with Gasteiger partial charge >= 0.3 is 0 Å². The molecule has 8 nitrogen and oxygen atoms in total. The highest BCUT2D eigenvalue weighted by molar-refractivity contribution is 5.98. The fourth-order valence-corrected chi connectivity index (χ4v) is 10.4. The maximum atomic E-state index is 5.59. The highest BCUT2D eigenvalue weighted by Gasteiger charge is 2.23. The van der Waals surface area contributed by atoms with Crippen molar-refractivity contribution in [3.63, 3.8) is 0 Å². The Kier molecular flexibility index (Phi) is 12.4. The Morgan fingerprint density at radius 3 is 1.20 bits per heavy atom. The SMILES string of the molecule is c1ccc(-c2nc(-c3ccc(-c4ccc(-c5ccc(-c6nc(-c7ccc(-c8cccnc8)cc7)c(-c7ccnc8ccccc78)nc6-c6ccccc6)cc5)nc4)cc3)c(-c3ccc4ccccc4n3)nc2-c2ccccc2)cc1. The molecular weight excluding hydrogens is 977 g/mol. The van der Waals surface area contributed by atoms with Gasteiger partial charge in [-0.1, -0.05) is 218 Å². The van der Waals surface area contributed by atoms with Gasteiger partial charge < -0.3 is 0 Å². The maximum Gasteiger partial charge on any atom is 0.116 e. The minimum atomic E-state index is 0.713. The third-order valence-corrected chi connectivity index (χ3v) is 14.5. The lowest BCUT2D eigenvalue weighted by atomic mass is 9.96. The number of hydrogen-bond acceptors (Lipinski definition) is 8. The zero-order chi connectivity index (χ0) is 53.2. The fourth-order valence-electron chi connectivity index (χ4n) is 10.4. The van der Waals surface area contributed by atoms with Crippen LogP contribution >= 0.6 is 0 Å². The lowest BCUT2D eigenvalue weighted by Crippen LogP contribution is -2.02. The predicted molar refractivity (Wildman–Crippen MR) is 324 cm³/mol. The van der Waals surface area contributed by atoms with E-state index < -0.39 is 0 Å². The van der Waals surface area contributed by atoms with Crippen molar-refractivity contribution in [1.82, 2.24) is 39.9 Å². The van der Waals surface area contributed by atoms with Gasteiger partial charge in [0.15, 0.2) is 0 Å². The summed E-state index contributed by atoms with van der Waals surface area (Å²) in [4.78, 5) is 41.3. The molecule has 0 saturated heterocycles. The second-order valence-electron chi connectivity index (χ2n) is 19.5. The lowest BCUT2D eigenvalue weighted by Gasteiger charge is -2.17. The van der Waals surface area contributed by atoms with Crippen LogP contribution in [0.2, 0.25) is 0 Å². The Balaban J connectivity index is 0.809. The number of nitrogens with zero attached hydrogens (tertiary/aromatic N) is 8. The molecule has 0 aliphatic heterocycles. The summed E-state index contributed by atoms with van der Waals surface area (Å²) in [6, 6.07) is 87.1. The molecule has 374 valence electrons. The Morgan fingerprint density at radius 1 is 0.212 bits per heavy atom. The van der Waals surface area contributed by atoms with E-state index in [0.29, 0.717) is 5.69 Å². The minimum absolute atomic E-state index is 0.713. The van der Waals surface area contributed by atoms with Crippen molar-refractivity contribution >= 4 is 21.8 Å². The third-order valence-electron chi connectivity index (χ3n) is 14.5. The van der Waals surface area contributed by atoms with Crippen LogP contribution in [0.3, 0.4) is 0 Å². The van der Waals surface area contributed by atoms with Crippen molar-refractivity contribution < 1.29 is 0 Å². The monoisotopic (exact) mass is 1020 g/mol. The second-order valence-corrected chi connectivity index (χ2v) is 19.5. The summed E-state index contributed by atoms with van der Waals surface area (Å²) in [6.45, 7) is 0. The molecule has 14 aromatic rings. The number of benzene rings is 8. The summed E-state index contributed by atoms with van der Waals surface area (Å²) in [5.74, 6) is 0. The van der Waals surface area contributed by atoms with Gasteiger partial charge in [-0.05, 0) is 53.1 Å². The maximum absolute atomic E-state index is 5.59. The molecule has 0 spiro atoms. The first-order chi connectivity index (χ1) is 39.6. The molecule has 0 aliphatic rings. The molecule has 0 radical (unpaired) electrons. The van der Waals surface area contributed by atoms with E-state index in [1.807, 2.05) is 128 Å². The van der Waals surface area contributed by atoms with Crippen LogP contribution in [0.4, 0.5) is 0 Å². The fraction of sp³-hybridized carbons (Fsp3) is 0. The summed E-state index contributed by atoms with van der Waals surface area (Å²) < 4.78 is 0. The van der Waals surface area contributed by atoms with Crippen molar-refractivity contribution in [2.75, 3.05) is 0 Å². The normalized spacial score (nSPS) is 11.2. The summed E-state index contributed by atoms with van der Waals surface area (Å²) in [7, 11) is 0. The molecule has 0 aliphatic carbocycles. The van der Waals surface area contributed by atoms with E-state index in [4.69, 9.17) is 34.9 Å². The third kappa shape index (κ3) is 9.22. The molecule has 8 aromatic carbocycles. The van der Waals surface area contributed by atoms with Crippen LogP contribution in [0.25, 0.3) is 146 Å². The van der Waals surface area contributed by atoms with Crippen molar-refractivity contribution in [2.24, 2.45) is 0 Å². The van der Waals surface area contributed by atoms with Crippen LogP contribution in [0.5, 0.6) is 0 Å². The average Bonchev–Trinajstić information content (AvgIpc) is 3.58. The molecule has 6 aromatic heterocycles. The molecule has 0 saturated carbocycles. The Morgan fingerprint density at radius 2 is 0.637 bits per heavy atom. The molecule has 0 unspecified atom stereocenters. The summed E-state index contributed by atoms with van der Waals surface area (Å²) >= 11 is 0. The average molecular weight is 1020 g/mol. The van der Waals surface area contributed by atoms with Crippen molar-refractivity contribution in [2.45, 2.75) is 0 Å². The molecule has 14 rings (SSSR count). The number of pyridine rings is 4. The minimum Gasteiger partial charge on any atom is -0.264 e. The molecule has 8 heteroatoms. The second kappa shape index (κ2) is 20.9. The van der Waals surface area contributed by atoms with Gasteiger partial charge in [0, 0.05) is 85.6 Å². The first-order valence-electron chi connectivity index (χ1n) is 26.5. The van der Waals surface area contributed by atoms with E-state index in [2.05, 4.69) is 151 Å².